The van der Waals surface area contributed by atoms with Crippen molar-refractivity contribution in [1.29, 1.82) is 5.41 Å². The van der Waals surface area contributed by atoms with Crippen LogP contribution in [0.3, 0.4) is 0 Å². The highest BCUT2D eigenvalue weighted by Gasteiger charge is 2.35. The average molecular weight is 352 g/mol. The molecular weight excluding hydrogens is 332 g/mol. The van der Waals surface area contributed by atoms with Gasteiger partial charge in [-0.15, -0.1) is 0 Å². The molecule has 1 aromatic heterocycles. The molecule has 3 aromatic carbocycles. The lowest BCUT2D eigenvalue weighted by Crippen LogP contribution is -2.15. The van der Waals surface area contributed by atoms with Crippen LogP contribution in [0.5, 0.6) is 0 Å². The zero-order valence-corrected chi connectivity index (χ0v) is 15.3. The van der Waals surface area contributed by atoms with Gasteiger partial charge in [0.2, 0.25) is 0 Å². The quantitative estimate of drug-likeness (QED) is 0.452. The minimum absolute atomic E-state index is 0.0956. The third-order valence-corrected chi connectivity index (χ3v) is 5.73. The minimum atomic E-state index is -0.0956. The van der Waals surface area contributed by atoms with Gasteiger partial charge in [-0.1, -0.05) is 62.4 Å². The first kappa shape index (κ1) is 15.9. The lowest BCUT2D eigenvalue weighted by Gasteiger charge is -2.21. The number of rotatable bonds is 2. The molecule has 0 bridgehead atoms. The molecule has 3 nitrogen and oxygen atoms in total. The average Bonchev–Trinajstić information content (AvgIpc) is 3.14. The lowest BCUT2D eigenvalue weighted by molar-refractivity contribution is 0.606. The van der Waals surface area contributed by atoms with Crippen LogP contribution in [0.1, 0.15) is 36.3 Å². The summed E-state index contributed by atoms with van der Waals surface area (Å²) < 4.78 is 5.90. The molecule has 1 aliphatic carbocycles. The second-order valence-corrected chi connectivity index (χ2v) is 7.65. The fourth-order valence-corrected chi connectivity index (χ4v) is 4.24. The summed E-state index contributed by atoms with van der Waals surface area (Å²) in [6.07, 6.45) is 0. The Kier molecular flexibility index (Phi) is 3.14. The van der Waals surface area contributed by atoms with Crippen LogP contribution in [0, 0.1) is 5.41 Å². The van der Waals surface area contributed by atoms with Crippen molar-refractivity contribution in [1.82, 2.24) is 0 Å². The SMILES string of the molecule is CC1(C)c2ccccc2-c2ccc(C(=N)c3oc4ccccc4c3N)cc21. The van der Waals surface area contributed by atoms with Gasteiger partial charge in [-0.2, -0.15) is 0 Å². The van der Waals surface area contributed by atoms with Gasteiger partial charge >= 0.3 is 0 Å². The molecule has 3 heteroatoms. The summed E-state index contributed by atoms with van der Waals surface area (Å²) in [5, 5.41) is 9.58. The van der Waals surface area contributed by atoms with Crippen LogP contribution in [0.4, 0.5) is 5.69 Å². The molecule has 0 saturated heterocycles. The first-order valence-electron chi connectivity index (χ1n) is 9.09. The summed E-state index contributed by atoms with van der Waals surface area (Å²) in [6, 6.07) is 22.4. The Morgan fingerprint density at radius 2 is 1.59 bits per heavy atom. The van der Waals surface area contributed by atoms with E-state index in [0.717, 1.165) is 10.9 Å². The van der Waals surface area contributed by atoms with Crippen molar-refractivity contribution < 1.29 is 4.42 Å². The van der Waals surface area contributed by atoms with Crippen LogP contribution >= 0.6 is 0 Å². The Balaban J connectivity index is 1.65. The van der Waals surface area contributed by atoms with Gasteiger partial charge in [0.15, 0.2) is 5.76 Å². The minimum Gasteiger partial charge on any atom is -0.452 e. The summed E-state index contributed by atoms with van der Waals surface area (Å²) in [7, 11) is 0. The third-order valence-electron chi connectivity index (χ3n) is 5.73. The van der Waals surface area contributed by atoms with E-state index in [9.17, 15) is 0 Å². The van der Waals surface area contributed by atoms with Gasteiger partial charge in [-0.3, -0.25) is 5.41 Å². The highest BCUT2D eigenvalue weighted by atomic mass is 16.3. The van der Waals surface area contributed by atoms with E-state index in [1.165, 1.54) is 22.3 Å². The van der Waals surface area contributed by atoms with Gasteiger partial charge in [0.25, 0.3) is 0 Å². The fraction of sp³-hybridized carbons (Fsp3) is 0.125. The van der Waals surface area contributed by atoms with Crippen LogP contribution < -0.4 is 5.73 Å². The van der Waals surface area contributed by atoms with Gasteiger partial charge in [0.05, 0.1) is 5.69 Å². The summed E-state index contributed by atoms with van der Waals surface area (Å²) in [6.45, 7) is 4.47. The van der Waals surface area contributed by atoms with E-state index in [1.54, 1.807) is 0 Å². The van der Waals surface area contributed by atoms with Crippen molar-refractivity contribution in [2.75, 3.05) is 5.73 Å². The molecule has 0 fully saturated rings. The molecule has 0 amide bonds. The number of benzene rings is 3. The highest BCUT2D eigenvalue weighted by molar-refractivity contribution is 6.16. The van der Waals surface area contributed by atoms with Crippen LogP contribution in [-0.2, 0) is 5.41 Å². The smallest absolute Gasteiger partial charge is 0.176 e. The Labute approximate surface area is 158 Å². The normalized spacial score (nSPS) is 14.1. The topological polar surface area (TPSA) is 63.0 Å². The standard InChI is InChI=1S/C24H20N2O/c1-24(2)18-9-5-3-7-15(18)16-12-11-14(13-19(16)24)21(25)23-22(26)17-8-4-6-10-20(17)27-23/h3-13,25H,26H2,1-2H3. The van der Waals surface area contributed by atoms with Gasteiger partial charge in [0, 0.05) is 16.4 Å². The van der Waals surface area contributed by atoms with Crippen molar-refractivity contribution in [3.63, 3.8) is 0 Å². The molecule has 1 aliphatic rings. The fourth-order valence-electron chi connectivity index (χ4n) is 4.24. The first-order chi connectivity index (χ1) is 13.0. The zero-order chi connectivity index (χ0) is 18.8. The summed E-state index contributed by atoms with van der Waals surface area (Å²) >= 11 is 0. The van der Waals surface area contributed by atoms with E-state index in [1.807, 2.05) is 30.3 Å². The molecule has 27 heavy (non-hydrogen) atoms. The number of para-hydroxylation sites is 1. The number of hydrogen-bond acceptors (Lipinski definition) is 3. The summed E-state index contributed by atoms with van der Waals surface area (Å²) in [5.74, 6) is 0.435. The molecule has 0 atom stereocenters. The zero-order valence-electron chi connectivity index (χ0n) is 15.3. The van der Waals surface area contributed by atoms with E-state index in [-0.39, 0.29) is 5.41 Å². The Morgan fingerprint density at radius 1 is 0.889 bits per heavy atom. The van der Waals surface area contributed by atoms with Crippen molar-refractivity contribution >= 4 is 22.4 Å². The number of anilines is 1. The van der Waals surface area contributed by atoms with Crippen LogP contribution in [-0.4, -0.2) is 5.71 Å². The summed E-state index contributed by atoms with van der Waals surface area (Å²) in [4.78, 5) is 0. The molecule has 3 N–H and O–H groups in total. The Morgan fingerprint density at radius 3 is 2.41 bits per heavy atom. The molecule has 132 valence electrons. The first-order valence-corrected chi connectivity index (χ1v) is 9.09. The van der Waals surface area contributed by atoms with Gasteiger partial charge in [-0.05, 0) is 40.5 Å². The predicted molar refractivity (Wildman–Crippen MR) is 111 cm³/mol. The van der Waals surface area contributed by atoms with Crippen molar-refractivity contribution in [2.24, 2.45) is 0 Å². The number of hydrogen-bond donors (Lipinski definition) is 2. The van der Waals surface area contributed by atoms with Crippen molar-refractivity contribution in [3.8, 4) is 11.1 Å². The van der Waals surface area contributed by atoms with Crippen LogP contribution in [0.2, 0.25) is 0 Å². The highest BCUT2D eigenvalue weighted by Crippen LogP contribution is 2.48. The molecule has 0 unspecified atom stereocenters. The van der Waals surface area contributed by atoms with Crippen molar-refractivity contribution in [3.05, 3.63) is 89.2 Å². The Hall–Kier alpha value is -3.33. The molecule has 0 radical (unpaired) electrons. The summed E-state index contributed by atoms with van der Waals surface area (Å²) in [5.41, 5.74) is 13.6. The van der Waals surface area contributed by atoms with Crippen LogP contribution in [0.25, 0.3) is 22.1 Å². The number of fused-ring (bicyclic) bond motifs is 4. The number of nitrogen functional groups attached to an aromatic ring is 1. The predicted octanol–water partition coefficient (Wildman–Crippen LogP) is 5.74. The molecule has 0 aliphatic heterocycles. The second-order valence-electron chi connectivity index (χ2n) is 7.65. The van der Waals surface area contributed by atoms with E-state index < -0.39 is 0 Å². The maximum atomic E-state index is 8.72. The molecule has 5 rings (SSSR count). The van der Waals surface area contributed by atoms with Crippen LogP contribution in [0.15, 0.2) is 71.1 Å². The van der Waals surface area contributed by atoms with E-state index in [2.05, 4.69) is 50.2 Å². The van der Waals surface area contributed by atoms with Gasteiger partial charge < -0.3 is 10.2 Å². The molecule has 4 aromatic rings. The number of nitrogens with one attached hydrogen (secondary N) is 1. The van der Waals surface area contributed by atoms with Gasteiger partial charge in [-0.25, -0.2) is 0 Å². The van der Waals surface area contributed by atoms with E-state index in [0.29, 0.717) is 22.7 Å². The maximum absolute atomic E-state index is 8.72. The molecule has 0 spiro atoms. The number of nitrogens with two attached hydrogens (primary N) is 1. The van der Waals surface area contributed by atoms with E-state index >= 15 is 0 Å². The molecule has 1 heterocycles. The second kappa shape index (κ2) is 5.34. The maximum Gasteiger partial charge on any atom is 0.176 e. The Bertz CT molecular complexity index is 1230. The third kappa shape index (κ3) is 2.12. The monoisotopic (exact) mass is 352 g/mol. The number of furan rings is 1. The van der Waals surface area contributed by atoms with Crippen molar-refractivity contribution in [2.45, 2.75) is 19.3 Å². The van der Waals surface area contributed by atoms with Gasteiger partial charge in [0.1, 0.15) is 11.3 Å². The largest absolute Gasteiger partial charge is 0.452 e. The lowest BCUT2D eigenvalue weighted by atomic mass is 9.81. The molecule has 0 saturated carbocycles. The molecular formula is C24H20N2O. The van der Waals surface area contributed by atoms with E-state index in [4.69, 9.17) is 15.6 Å².